The van der Waals surface area contributed by atoms with Gasteiger partial charge in [0.15, 0.2) is 11.5 Å². The van der Waals surface area contributed by atoms with Crippen LogP contribution in [0, 0.1) is 11.5 Å². The molecule has 3 N–H and O–H groups in total. The van der Waals surface area contributed by atoms with E-state index >= 15 is 0 Å². The van der Waals surface area contributed by atoms with Crippen molar-refractivity contribution in [2.24, 2.45) is 10.7 Å². The van der Waals surface area contributed by atoms with Gasteiger partial charge in [0.05, 0.1) is 13.2 Å². The van der Waals surface area contributed by atoms with Gasteiger partial charge in [-0.1, -0.05) is 6.92 Å². The van der Waals surface area contributed by atoms with Gasteiger partial charge in [0.1, 0.15) is 0 Å². The number of nitriles is 1. The highest BCUT2D eigenvalue weighted by molar-refractivity contribution is 7.55. The van der Waals surface area contributed by atoms with Gasteiger partial charge in [-0.15, -0.1) is 0 Å². The summed E-state index contributed by atoms with van der Waals surface area (Å²) in [6.45, 7) is 7.37. The van der Waals surface area contributed by atoms with Crippen LogP contribution in [-0.4, -0.2) is 24.5 Å². The van der Waals surface area contributed by atoms with Crippen LogP contribution in [0.1, 0.15) is 34.1 Å². The van der Waals surface area contributed by atoms with Crippen molar-refractivity contribution in [2.45, 2.75) is 39.4 Å². The first-order chi connectivity index (χ1) is 8.39. The molecule has 8 heteroatoms. The van der Waals surface area contributed by atoms with E-state index in [1.807, 2.05) is 0 Å². The average Bonchev–Trinajstić information content (AvgIpc) is 2.29. The molecule has 104 valence electrons. The van der Waals surface area contributed by atoms with Crippen LogP contribution in [0.25, 0.3) is 0 Å². The van der Waals surface area contributed by atoms with E-state index in [9.17, 15) is 4.57 Å². The lowest BCUT2D eigenvalue weighted by atomic mass is 10.3. The minimum Gasteiger partial charge on any atom is -0.369 e. The maximum absolute atomic E-state index is 12.7. The summed E-state index contributed by atoms with van der Waals surface area (Å²) in [6, 6.07) is 0. The Morgan fingerprint density at radius 2 is 1.94 bits per heavy atom. The van der Waals surface area contributed by atoms with E-state index in [1.165, 1.54) is 0 Å². The van der Waals surface area contributed by atoms with E-state index in [-0.39, 0.29) is 19.2 Å². The summed E-state index contributed by atoms with van der Waals surface area (Å²) in [6.07, 6.45) is 2.05. The van der Waals surface area contributed by atoms with Crippen molar-refractivity contribution in [3.63, 3.8) is 0 Å². The molecule has 0 bridgehead atoms. The molecular weight excluding hydrogens is 255 g/mol. The zero-order valence-corrected chi connectivity index (χ0v) is 12.2. The summed E-state index contributed by atoms with van der Waals surface area (Å²) in [5.74, 6) is -0.110. The number of nitrogens with two attached hydrogens (primary N) is 1. The second-order valence-corrected chi connectivity index (χ2v) is 6.11. The van der Waals surface area contributed by atoms with Crippen LogP contribution in [0.15, 0.2) is 4.99 Å². The number of nitrogens with one attached hydrogen (secondary N) is 1. The van der Waals surface area contributed by atoms with Crippen molar-refractivity contribution < 1.29 is 13.6 Å². The zero-order valence-electron chi connectivity index (χ0n) is 11.3. The van der Waals surface area contributed by atoms with Crippen LogP contribution in [0.5, 0.6) is 0 Å². The molecule has 0 fully saturated rings. The van der Waals surface area contributed by atoms with Crippen molar-refractivity contribution in [1.29, 1.82) is 5.26 Å². The minimum absolute atomic E-state index is 0.110. The lowest BCUT2D eigenvalue weighted by molar-refractivity contribution is 0.198. The van der Waals surface area contributed by atoms with Gasteiger partial charge in [-0.2, -0.15) is 5.26 Å². The van der Waals surface area contributed by atoms with Gasteiger partial charge in [0.2, 0.25) is 5.96 Å². The summed E-state index contributed by atoms with van der Waals surface area (Å²) < 4.78 is 23.2. The molecule has 0 aromatic carbocycles. The van der Waals surface area contributed by atoms with Crippen LogP contribution in [-0.2, 0) is 13.6 Å². The van der Waals surface area contributed by atoms with Gasteiger partial charge >= 0.3 is 7.60 Å². The molecule has 0 spiro atoms. The Balaban J connectivity index is 5.40. The van der Waals surface area contributed by atoms with Crippen LogP contribution in [0.2, 0.25) is 0 Å². The number of hydrogen-bond acceptors (Lipinski definition) is 5. The number of rotatable bonds is 7. The first-order valence-electron chi connectivity index (χ1n) is 5.78. The second-order valence-electron chi connectivity index (χ2n) is 3.64. The van der Waals surface area contributed by atoms with E-state index in [0.717, 1.165) is 0 Å². The van der Waals surface area contributed by atoms with Crippen molar-refractivity contribution >= 4 is 13.6 Å². The van der Waals surface area contributed by atoms with Crippen molar-refractivity contribution in [3.8, 4) is 6.19 Å². The molecule has 1 atom stereocenters. The Hall–Kier alpha value is -1.09. The number of nitrogens with zero attached hydrogens (tertiary/aromatic N) is 2. The summed E-state index contributed by atoms with van der Waals surface area (Å²) in [7, 11) is -3.44. The molecule has 0 aromatic rings. The highest BCUT2D eigenvalue weighted by Gasteiger charge is 2.46. The maximum atomic E-state index is 12.7. The molecule has 1 unspecified atom stereocenters. The minimum atomic E-state index is -3.44. The third-order valence-corrected chi connectivity index (χ3v) is 5.20. The van der Waals surface area contributed by atoms with Crippen LogP contribution >= 0.6 is 7.60 Å². The lowest BCUT2D eigenvalue weighted by Gasteiger charge is -2.31. The molecule has 7 nitrogen and oxygen atoms in total. The third-order valence-electron chi connectivity index (χ3n) is 2.40. The average molecular weight is 276 g/mol. The van der Waals surface area contributed by atoms with Crippen LogP contribution < -0.4 is 11.1 Å². The van der Waals surface area contributed by atoms with Crippen molar-refractivity contribution in [2.75, 3.05) is 13.2 Å². The first kappa shape index (κ1) is 16.9. The van der Waals surface area contributed by atoms with Crippen molar-refractivity contribution in [1.82, 2.24) is 5.32 Å². The molecule has 0 rings (SSSR count). The molecule has 0 radical (unpaired) electrons. The van der Waals surface area contributed by atoms with Gasteiger partial charge in [0, 0.05) is 0 Å². The maximum Gasteiger partial charge on any atom is 0.357 e. The van der Waals surface area contributed by atoms with Gasteiger partial charge in [0.25, 0.3) is 0 Å². The molecule has 0 aliphatic rings. The summed E-state index contributed by atoms with van der Waals surface area (Å²) in [5.41, 5.74) is 5.52. The van der Waals surface area contributed by atoms with E-state index in [1.54, 1.807) is 33.9 Å². The van der Waals surface area contributed by atoms with E-state index < -0.39 is 12.9 Å². The summed E-state index contributed by atoms with van der Waals surface area (Å²) in [4.78, 5) is 4.07. The molecular formula is C10H21N4O3P. The van der Waals surface area contributed by atoms with Crippen molar-refractivity contribution in [3.05, 3.63) is 0 Å². The predicted octanol–water partition coefficient (Wildman–Crippen LogP) is 1.76. The molecule has 0 saturated heterocycles. The highest BCUT2D eigenvalue weighted by atomic mass is 31.2. The quantitative estimate of drug-likeness (QED) is 0.241. The highest BCUT2D eigenvalue weighted by Crippen LogP contribution is 2.61. The fraction of sp³-hybridized carbons (Fsp3) is 0.800. The molecule has 0 aliphatic carbocycles. The van der Waals surface area contributed by atoms with Crippen LogP contribution in [0.3, 0.4) is 0 Å². The topological polar surface area (TPSA) is 110 Å². The molecule has 0 heterocycles. The van der Waals surface area contributed by atoms with E-state index in [2.05, 4.69) is 10.3 Å². The Morgan fingerprint density at radius 1 is 1.44 bits per heavy atom. The summed E-state index contributed by atoms with van der Waals surface area (Å²) >= 11 is 0. The first-order valence-corrected chi connectivity index (χ1v) is 7.33. The van der Waals surface area contributed by atoms with Crippen LogP contribution in [0.4, 0.5) is 0 Å². The number of aliphatic imine (C=N–C) groups is 1. The zero-order chi connectivity index (χ0) is 14.2. The lowest BCUT2D eigenvalue weighted by Crippen LogP contribution is -2.34. The van der Waals surface area contributed by atoms with Gasteiger partial charge in [-0.05, 0) is 27.2 Å². The largest absolute Gasteiger partial charge is 0.369 e. The Morgan fingerprint density at radius 3 is 2.28 bits per heavy atom. The third kappa shape index (κ3) is 3.98. The smallest absolute Gasteiger partial charge is 0.357 e. The molecule has 0 amide bonds. The molecule has 0 aromatic heterocycles. The Bertz CT molecular complexity index is 370. The number of guanidine groups is 1. The van der Waals surface area contributed by atoms with Gasteiger partial charge < -0.3 is 14.8 Å². The SMILES string of the molecule is CCOP(=O)(OCC)C(C)(CC)/N=C(/N)NC#N. The Labute approximate surface area is 108 Å². The molecule has 0 aliphatic heterocycles. The predicted molar refractivity (Wildman–Crippen MR) is 69.9 cm³/mol. The Kier molecular flexibility index (Phi) is 6.92. The second kappa shape index (κ2) is 7.37. The van der Waals surface area contributed by atoms with E-state index in [0.29, 0.717) is 6.42 Å². The fourth-order valence-electron chi connectivity index (χ4n) is 1.33. The van der Waals surface area contributed by atoms with Gasteiger partial charge in [-0.3, -0.25) is 9.88 Å². The summed E-state index contributed by atoms with van der Waals surface area (Å²) in [5, 5.41) is 9.54. The monoisotopic (exact) mass is 276 g/mol. The van der Waals surface area contributed by atoms with E-state index in [4.69, 9.17) is 20.0 Å². The standard InChI is InChI=1S/C10H21N4O3P/c1-5-10(4,14-9(12)13-8-11)18(15,16-6-2)17-7-3/h5-7H2,1-4H3,(H3,12,13,14). The fourth-order valence-corrected chi connectivity index (χ4v) is 3.26. The normalized spacial score (nSPS) is 15.8. The molecule has 0 saturated carbocycles. The van der Waals surface area contributed by atoms with Gasteiger partial charge in [-0.25, -0.2) is 4.99 Å². The number of hydrogen-bond donors (Lipinski definition) is 2. The molecule has 18 heavy (non-hydrogen) atoms.